The number of anilines is 1. The summed E-state index contributed by atoms with van der Waals surface area (Å²) in [6.07, 6.45) is 1.10. The molecule has 2 unspecified atom stereocenters. The van der Waals surface area contributed by atoms with Crippen LogP contribution in [0.5, 0.6) is 0 Å². The zero-order chi connectivity index (χ0) is 16.8. The summed E-state index contributed by atoms with van der Waals surface area (Å²) in [4.78, 5) is 16.8. The van der Waals surface area contributed by atoms with Gasteiger partial charge in [-0.1, -0.05) is 18.2 Å². The van der Waals surface area contributed by atoms with Gasteiger partial charge in [0.1, 0.15) is 0 Å². The second-order valence-corrected chi connectivity index (χ2v) is 6.66. The summed E-state index contributed by atoms with van der Waals surface area (Å²) in [5.41, 5.74) is 1.30. The number of piperazine rings is 1. The molecule has 0 bridgehead atoms. The van der Waals surface area contributed by atoms with E-state index in [9.17, 15) is 9.90 Å². The van der Waals surface area contributed by atoms with Gasteiger partial charge in [-0.3, -0.25) is 9.69 Å². The Balaban J connectivity index is 1.29. The topological polar surface area (TPSA) is 67.8 Å². The molecular weight excluding hydrogens is 304 g/mol. The molecule has 3 rings (SSSR count). The van der Waals surface area contributed by atoms with Crippen LogP contribution < -0.4 is 15.5 Å². The van der Waals surface area contributed by atoms with Crippen molar-refractivity contribution in [2.45, 2.75) is 25.0 Å². The van der Waals surface area contributed by atoms with Crippen molar-refractivity contribution >= 4 is 11.6 Å². The van der Waals surface area contributed by atoms with Crippen LogP contribution in [0.15, 0.2) is 30.3 Å². The first-order chi connectivity index (χ1) is 11.7. The van der Waals surface area contributed by atoms with Crippen molar-refractivity contribution in [3.05, 3.63) is 30.3 Å². The fraction of sp³-hybridized carbons (Fsp3) is 0.611. The first-order valence-corrected chi connectivity index (χ1v) is 8.94. The Bertz CT molecular complexity index is 517. The minimum Gasteiger partial charge on any atom is -0.392 e. The van der Waals surface area contributed by atoms with Crippen LogP contribution in [0.3, 0.4) is 0 Å². The Morgan fingerprint density at radius 1 is 1.21 bits per heavy atom. The summed E-state index contributed by atoms with van der Waals surface area (Å²) in [7, 11) is 0. The number of hydrogen-bond acceptors (Lipinski definition) is 5. The maximum Gasteiger partial charge on any atom is 0.237 e. The van der Waals surface area contributed by atoms with Gasteiger partial charge in [-0.2, -0.15) is 0 Å². The molecule has 0 aromatic heterocycles. The van der Waals surface area contributed by atoms with Crippen LogP contribution in [0.1, 0.15) is 12.8 Å². The van der Waals surface area contributed by atoms with E-state index >= 15 is 0 Å². The molecule has 2 heterocycles. The molecule has 2 aliphatic rings. The van der Waals surface area contributed by atoms with Crippen LogP contribution in [0.25, 0.3) is 0 Å². The molecule has 1 amide bonds. The van der Waals surface area contributed by atoms with Crippen molar-refractivity contribution in [3.8, 4) is 0 Å². The summed E-state index contributed by atoms with van der Waals surface area (Å²) in [6.45, 7) is 6.48. The van der Waals surface area contributed by atoms with Crippen molar-refractivity contribution in [1.82, 2.24) is 15.5 Å². The summed E-state index contributed by atoms with van der Waals surface area (Å²) in [6, 6.07) is 10.3. The van der Waals surface area contributed by atoms with Gasteiger partial charge in [0.15, 0.2) is 0 Å². The summed E-state index contributed by atoms with van der Waals surface area (Å²) in [5, 5.41) is 15.4. The van der Waals surface area contributed by atoms with Gasteiger partial charge >= 0.3 is 0 Å². The monoisotopic (exact) mass is 332 g/mol. The molecule has 2 fully saturated rings. The lowest BCUT2D eigenvalue weighted by Gasteiger charge is -2.36. The van der Waals surface area contributed by atoms with Crippen LogP contribution in [0, 0.1) is 0 Å². The Labute approximate surface area is 143 Å². The Kier molecular flexibility index (Phi) is 6.07. The Hall–Kier alpha value is -1.63. The highest BCUT2D eigenvalue weighted by Crippen LogP contribution is 2.15. The predicted octanol–water partition coefficient (Wildman–Crippen LogP) is 0.0377. The summed E-state index contributed by atoms with van der Waals surface area (Å²) < 4.78 is 0. The molecule has 1 aromatic carbocycles. The zero-order valence-electron chi connectivity index (χ0n) is 14.2. The predicted molar refractivity (Wildman–Crippen MR) is 95.1 cm³/mol. The lowest BCUT2D eigenvalue weighted by Crippen LogP contribution is -2.47. The van der Waals surface area contributed by atoms with Crippen LogP contribution in [-0.2, 0) is 4.79 Å². The number of β-amino-alcohol motifs (C(OH)–C–C–N with tert-alkyl or cyclic N) is 1. The van der Waals surface area contributed by atoms with Crippen molar-refractivity contribution in [2.75, 3.05) is 50.7 Å². The number of carbonyl (C=O) groups excluding carboxylic acids is 1. The van der Waals surface area contributed by atoms with Gasteiger partial charge in [0, 0.05) is 45.0 Å². The van der Waals surface area contributed by atoms with Crippen molar-refractivity contribution in [1.29, 1.82) is 0 Å². The van der Waals surface area contributed by atoms with E-state index in [0.29, 0.717) is 19.5 Å². The number of para-hydroxylation sites is 1. The minimum atomic E-state index is -0.387. The first-order valence-electron chi connectivity index (χ1n) is 8.94. The van der Waals surface area contributed by atoms with Gasteiger partial charge in [0.05, 0.1) is 12.1 Å². The fourth-order valence-electron chi connectivity index (χ4n) is 3.42. The number of aliphatic hydroxyl groups excluding tert-OH is 1. The van der Waals surface area contributed by atoms with Crippen molar-refractivity contribution < 1.29 is 9.90 Å². The van der Waals surface area contributed by atoms with E-state index in [1.165, 1.54) is 5.69 Å². The van der Waals surface area contributed by atoms with E-state index in [1.54, 1.807) is 0 Å². The Morgan fingerprint density at radius 2 is 1.96 bits per heavy atom. The zero-order valence-corrected chi connectivity index (χ0v) is 14.2. The summed E-state index contributed by atoms with van der Waals surface area (Å²) >= 11 is 0. The maximum atomic E-state index is 11.9. The number of amides is 1. The quantitative estimate of drug-likeness (QED) is 0.642. The number of nitrogens with zero attached hydrogens (tertiary/aromatic N) is 2. The van der Waals surface area contributed by atoms with Crippen molar-refractivity contribution in [3.63, 3.8) is 0 Å². The number of hydrogen-bond donors (Lipinski definition) is 3. The highest BCUT2D eigenvalue weighted by atomic mass is 16.3. The molecule has 0 spiro atoms. The lowest BCUT2D eigenvalue weighted by molar-refractivity contribution is -0.122. The van der Waals surface area contributed by atoms with Crippen LogP contribution in [0.2, 0.25) is 0 Å². The number of aliphatic hydroxyl groups is 1. The Morgan fingerprint density at radius 3 is 2.62 bits per heavy atom. The highest BCUT2D eigenvalue weighted by Gasteiger charge is 2.27. The molecule has 0 radical (unpaired) electrons. The molecule has 0 saturated carbocycles. The van der Waals surface area contributed by atoms with Gasteiger partial charge in [-0.25, -0.2) is 0 Å². The van der Waals surface area contributed by atoms with Gasteiger partial charge < -0.3 is 20.6 Å². The minimum absolute atomic E-state index is 0.0143. The molecule has 6 heteroatoms. The first kappa shape index (κ1) is 17.2. The van der Waals surface area contributed by atoms with Gasteiger partial charge in [-0.15, -0.1) is 0 Å². The molecule has 24 heavy (non-hydrogen) atoms. The molecule has 2 aliphatic heterocycles. The maximum absolute atomic E-state index is 11.9. The third-order valence-corrected chi connectivity index (χ3v) is 4.87. The second-order valence-electron chi connectivity index (χ2n) is 6.66. The SMILES string of the molecule is O=C(NCCCN1CCN(c2ccccc2)CC1)C1CC(O)CN1. The molecule has 2 saturated heterocycles. The van der Waals surface area contributed by atoms with Crippen LogP contribution >= 0.6 is 0 Å². The molecule has 2 atom stereocenters. The van der Waals surface area contributed by atoms with Crippen molar-refractivity contribution in [2.24, 2.45) is 0 Å². The lowest BCUT2D eigenvalue weighted by atomic mass is 10.2. The highest BCUT2D eigenvalue weighted by molar-refractivity contribution is 5.82. The standard InChI is InChI=1S/C18H28N4O2/c23-16-13-17(20-14-16)18(24)19-7-4-8-21-9-11-22(12-10-21)15-5-2-1-3-6-15/h1-3,5-6,16-17,20,23H,4,7-14H2,(H,19,24). The normalized spacial score (nSPS) is 25.0. The van der Waals surface area contributed by atoms with Crippen LogP contribution in [0.4, 0.5) is 5.69 Å². The average Bonchev–Trinajstić information content (AvgIpc) is 3.06. The number of rotatable bonds is 6. The van der Waals surface area contributed by atoms with E-state index in [1.807, 2.05) is 0 Å². The van der Waals surface area contributed by atoms with Crippen LogP contribution in [-0.4, -0.2) is 73.9 Å². The molecule has 1 aromatic rings. The van der Waals surface area contributed by atoms with E-state index in [-0.39, 0.29) is 18.1 Å². The van der Waals surface area contributed by atoms with E-state index in [4.69, 9.17) is 0 Å². The third kappa shape index (κ3) is 4.69. The van der Waals surface area contributed by atoms with Gasteiger partial charge in [0.2, 0.25) is 5.91 Å². The fourth-order valence-corrected chi connectivity index (χ4v) is 3.42. The average molecular weight is 332 g/mol. The molecule has 0 aliphatic carbocycles. The number of nitrogens with one attached hydrogen (secondary N) is 2. The molecule has 3 N–H and O–H groups in total. The van der Waals surface area contributed by atoms with E-state index < -0.39 is 0 Å². The second kappa shape index (κ2) is 8.46. The summed E-state index contributed by atoms with van der Waals surface area (Å²) in [5.74, 6) is 0.0143. The largest absolute Gasteiger partial charge is 0.392 e. The van der Waals surface area contributed by atoms with E-state index in [2.05, 4.69) is 50.8 Å². The van der Waals surface area contributed by atoms with Gasteiger partial charge in [0.25, 0.3) is 0 Å². The molecule has 6 nitrogen and oxygen atoms in total. The van der Waals surface area contributed by atoms with Gasteiger partial charge in [-0.05, 0) is 31.5 Å². The number of carbonyl (C=O) groups is 1. The third-order valence-electron chi connectivity index (χ3n) is 4.87. The molecule has 132 valence electrons. The van der Waals surface area contributed by atoms with E-state index in [0.717, 1.165) is 39.1 Å². The number of benzene rings is 1. The smallest absolute Gasteiger partial charge is 0.237 e. The molecular formula is C18H28N4O2.